The molecule has 1 aromatic rings. The van der Waals surface area contributed by atoms with Crippen LogP contribution in [0.1, 0.15) is 38.4 Å². The molecular formula is C17H24F2N2O3. The van der Waals surface area contributed by atoms with Crippen molar-refractivity contribution in [1.82, 2.24) is 10.6 Å². The van der Waals surface area contributed by atoms with Crippen LogP contribution in [-0.2, 0) is 4.74 Å². The van der Waals surface area contributed by atoms with Crippen LogP contribution in [0.15, 0.2) is 18.2 Å². The number of urea groups is 1. The van der Waals surface area contributed by atoms with Crippen LogP contribution in [0.25, 0.3) is 0 Å². The van der Waals surface area contributed by atoms with Gasteiger partial charge in [0.2, 0.25) is 0 Å². The number of aliphatic hydroxyl groups excluding tert-OH is 1. The second kappa shape index (κ2) is 8.39. The summed E-state index contributed by atoms with van der Waals surface area (Å²) in [7, 11) is 0. The monoisotopic (exact) mass is 342 g/mol. The Morgan fingerprint density at radius 3 is 2.75 bits per heavy atom. The van der Waals surface area contributed by atoms with E-state index < -0.39 is 23.8 Å². The standard InChI is InChI=1S/C17H24F2N2O3/c1-10(2)7-12(9-22)20-17(23)21-15-5-6-24-16(15)11-3-4-13(18)14(19)8-11/h3-4,8,10,12,15-16,22H,5-7,9H2,1-2H3,(H2,20,21,23)/t12-,15-,16+/m1/s1. The fourth-order valence-electron chi connectivity index (χ4n) is 2.90. The number of nitrogens with one attached hydrogen (secondary N) is 2. The predicted molar refractivity (Wildman–Crippen MR) is 85.5 cm³/mol. The third-order valence-corrected chi connectivity index (χ3v) is 3.99. The molecule has 0 spiro atoms. The molecule has 0 saturated carbocycles. The molecule has 1 heterocycles. The predicted octanol–water partition coefficient (Wildman–Crippen LogP) is 2.50. The summed E-state index contributed by atoms with van der Waals surface area (Å²) in [6.45, 7) is 4.29. The molecule has 0 radical (unpaired) electrons. The van der Waals surface area contributed by atoms with Gasteiger partial charge in [-0.2, -0.15) is 0 Å². The first-order valence-corrected chi connectivity index (χ1v) is 8.15. The highest BCUT2D eigenvalue weighted by Crippen LogP contribution is 2.30. The molecule has 1 aromatic carbocycles. The lowest BCUT2D eigenvalue weighted by Crippen LogP contribution is -2.48. The Bertz CT molecular complexity index is 569. The summed E-state index contributed by atoms with van der Waals surface area (Å²) in [5.41, 5.74) is 0.484. The molecule has 7 heteroatoms. The molecule has 5 nitrogen and oxygen atoms in total. The van der Waals surface area contributed by atoms with Gasteiger partial charge in [0.1, 0.15) is 6.10 Å². The zero-order valence-electron chi connectivity index (χ0n) is 13.9. The van der Waals surface area contributed by atoms with E-state index in [1.807, 2.05) is 13.8 Å². The van der Waals surface area contributed by atoms with Gasteiger partial charge in [-0.25, -0.2) is 13.6 Å². The van der Waals surface area contributed by atoms with Crippen LogP contribution in [-0.4, -0.2) is 36.4 Å². The fraction of sp³-hybridized carbons (Fsp3) is 0.588. The Morgan fingerprint density at radius 1 is 1.38 bits per heavy atom. The van der Waals surface area contributed by atoms with Crippen LogP contribution in [0.3, 0.4) is 0 Å². The third kappa shape index (κ3) is 4.88. The molecule has 0 aromatic heterocycles. The fourth-order valence-corrected chi connectivity index (χ4v) is 2.90. The summed E-state index contributed by atoms with van der Waals surface area (Å²) in [6.07, 6.45) is 0.714. The van der Waals surface area contributed by atoms with Crippen molar-refractivity contribution >= 4 is 6.03 Å². The second-order valence-corrected chi connectivity index (χ2v) is 6.49. The van der Waals surface area contributed by atoms with E-state index in [1.165, 1.54) is 6.07 Å². The van der Waals surface area contributed by atoms with E-state index in [4.69, 9.17) is 4.74 Å². The summed E-state index contributed by atoms with van der Waals surface area (Å²) in [5, 5.41) is 14.9. The average Bonchev–Trinajstić information content (AvgIpc) is 2.96. The van der Waals surface area contributed by atoms with Crippen LogP contribution in [0.2, 0.25) is 0 Å². The highest BCUT2D eigenvalue weighted by atomic mass is 19.2. The van der Waals surface area contributed by atoms with Crippen LogP contribution in [0.4, 0.5) is 13.6 Å². The molecule has 1 aliphatic heterocycles. The minimum absolute atomic E-state index is 0.140. The normalized spacial score (nSPS) is 21.8. The van der Waals surface area contributed by atoms with Gasteiger partial charge in [-0.15, -0.1) is 0 Å². The molecule has 1 aliphatic rings. The number of hydrogen-bond donors (Lipinski definition) is 3. The molecule has 134 valence electrons. The Labute approximate surface area is 140 Å². The van der Waals surface area contributed by atoms with Gasteiger partial charge in [-0.3, -0.25) is 0 Å². The van der Waals surface area contributed by atoms with Crippen molar-refractivity contribution < 1.29 is 23.4 Å². The van der Waals surface area contributed by atoms with Crippen LogP contribution >= 0.6 is 0 Å². The number of carbonyl (C=O) groups excluding carboxylic acids is 1. The number of halogens is 2. The SMILES string of the molecule is CC(C)C[C@H](CO)NC(=O)N[C@@H]1CCO[C@H]1c1ccc(F)c(F)c1. The lowest BCUT2D eigenvalue weighted by molar-refractivity contribution is 0.0992. The summed E-state index contributed by atoms with van der Waals surface area (Å²) in [4.78, 5) is 12.1. The summed E-state index contributed by atoms with van der Waals surface area (Å²) in [5.74, 6) is -1.52. The Hall–Kier alpha value is -1.73. The highest BCUT2D eigenvalue weighted by Gasteiger charge is 2.31. The van der Waals surface area contributed by atoms with Gasteiger partial charge in [0.15, 0.2) is 11.6 Å². The second-order valence-electron chi connectivity index (χ2n) is 6.49. The van der Waals surface area contributed by atoms with Gasteiger partial charge in [-0.1, -0.05) is 19.9 Å². The summed E-state index contributed by atoms with van der Waals surface area (Å²) >= 11 is 0. The van der Waals surface area contributed by atoms with Crippen molar-refractivity contribution in [2.24, 2.45) is 5.92 Å². The molecule has 3 N–H and O–H groups in total. The van der Waals surface area contributed by atoms with Crippen molar-refractivity contribution in [1.29, 1.82) is 0 Å². The maximum atomic E-state index is 13.4. The van der Waals surface area contributed by atoms with Gasteiger partial charge < -0.3 is 20.5 Å². The molecule has 24 heavy (non-hydrogen) atoms. The number of amides is 2. The summed E-state index contributed by atoms with van der Waals surface area (Å²) < 4.78 is 32.0. The van der Waals surface area contributed by atoms with E-state index in [2.05, 4.69) is 10.6 Å². The van der Waals surface area contributed by atoms with Crippen molar-refractivity contribution in [3.8, 4) is 0 Å². The molecule has 2 amide bonds. The minimum atomic E-state index is -0.941. The topological polar surface area (TPSA) is 70.6 Å². The Morgan fingerprint density at radius 2 is 2.12 bits per heavy atom. The summed E-state index contributed by atoms with van der Waals surface area (Å²) in [6, 6.07) is 2.53. The van der Waals surface area contributed by atoms with E-state index in [-0.39, 0.29) is 18.7 Å². The number of hydrogen-bond acceptors (Lipinski definition) is 3. The Balaban J connectivity index is 1.97. The smallest absolute Gasteiger partial charge is 0.315 e. The zero-order chi connectivity index (χ0) is 17.7. The molecule has 0 bridgehead atoms. The van der Waals surface area contributed by atoms with Crippen LogP contribution in [0, 0.1) is 17.6 Å². The molecule has 0 unspecified atom stereocenters. The van der Waals surface area contributed by atoms with Crippen molar-refractivity contribution in [3.63, 3.8) is 0 Å². The minimum Gasteiger partial charge on any atom is -0.394 e. The molecule has 1 fully saturated rings. The average molecular weight is 342 g/mol. The zero-order valence-corrected chi connectivity index (χ0v) is 13.9. The van der Waals surface area contributed by atoms with E-state index >= 15 is 0 Å². The van der Waals surface area contributed by atoms with Crippen molar-refractivity contribution in [2.45, 2.75) is 44.9 Å². The molecule has 1 saturated heterocycles. The maximum absolute atomic E-state index is 13.4. The maximum Gasteiger partial charge on any atom is 0.315 e. The van der Waals surface area contributed by atoms with Gasteiger partial charge in [0, 0.05) is 6.61 Å². The van der Waals surface area contributed by atoms with E-state index in [9.17, 15) is 18.7 Å². The van der Waals surface area contributed by atoms with Crippen LogP contribution < -0.4 is 10.6 Å². The molecule has 0 aliphatic carbocycles. The molecule has 2 rings (SSSR count). The third-order valence-electron chi connectivity index (χ3n) is 3.99. The highest BCUT2D eigenvalue weighted by molar-refractivity contribution is 5.74. The van der Waals surface area contributed by atoms with Gasteiger partial charge in [0.25, 0.3) is 0 Å². The molecule has 3 atom stereocenters. The Kier molecular flexibility index (Phi) is 6.51. The first kappa shape index (κ1) is 18.6. The van der Waals surface area contributed by atoms with Crippen molar-refractivity contribution in [3.05, 3.63) is 35.4 Å². The molecular weight excluding hydrogens is 318 g/mol. The number of rotatable bonds is 6. The number of benzene rings is 1. The van der Waals surface area contributed by atoms with E-state index in [1.54, 1.807) is 0 Å². The van der Waals surface area contributed by atoms with E-state index in [0.717, 1.165) is 12.1 Å². The van der Waals surface area contributed by atoms with Gasteiger partial charge in [-0.05, 0) is 36.5 Å². The first-order valence-electron chi connectivity index (χ1n) is 8.15. The number of carbonyl (C=O) groups is 1. The number of ether oxygens (including phenoxy) is 1. The largest absolute Gasteiger partial charge is 0.394 e. The van der Waals surface area contributed by atoms with Crippen molar-refractivity contribution in [2.75, 3.05) is 13.2 Å². The van der Waals surface area contributed by atoms with Gasteiger partial charge >= 0.3 is 6.03 Å². The van der Waals surface area contributed by atoms with E-state index in [0.29, 0.717) is 30.9 Å². The van der Waals surface area contributed by atoms with Crippen LogP contribution in [0.5, 0.6) is 0 Å². The quantitative estimate of drug-likeness (QED) is 0.744. The lowest BCUT2D eigenvalue weighted by Gasteiger charge is -2.23. The van der Waals surface area contributed by atoms with Gasteiger partial charge in [0.05, 0.1) is 18.7 Å². The number of aliphatic hydroxyl groups is 1. The first-order chi connectivity index (χ1) is 11.4. The lowest BCUT2D eigenvalue weighted by atomic mass is 10.0.